The molecule has 1 fully saturated rings. The van der Waals surface area contributed by atoms with Crippen LogP contribution < -0.4 is 16.2 Å². The summed E-state index contributed by atoms with van der Waals surface area (Å²) in [5.74, 6) is 0.483. The molecule has 0 atom stereocenters. The third-order valence-electron chi connectivity index (χ3n) is 7.68. The number of halogens is 1. The number of piperidine rings is 1. The number of hydrogen-bond donors (Lipinski definition) is 2. The van der Waals surface area contributed by atoms with Crippen molar-refractivity contribution in [2.45, 2.75) is 65.2 Å². The fourth-order valence-electron chi connectivity index (χ4n) is 4.85. The topological polar surface area (TPSA) is 140 Å². The number of primary amides is 1. The second-order valence-corrected chi connectivity index (χ2v) is 13.6. The van der Waals surface area contributed by atoms with E-state index in [1.807, 2.05) is 44.2 Å². The van der Waals surface area contributed by atoms with E-state index >= 15 is 0 Å². The van der Waals surface area contributed by atoms with E-state index in [1.165, 1.54) is 6.07 Å². The lowest BCUT2D eigenvalue weighted by Gasteiger charge is -2.31. The second kappa shape index (κ2) is 16.1. The van der Waals surface area contributed by atoms with Gasteiger partial charge in [-0.2, -0.15) is 5.26 Å². The van der Waals surface area contributed by atoms with Crippen molar-refractivity contribution in [2.75, 3.05) is 26.2 Å². The molecule has 5 rings (SSSR count). The smallest absolute Gasteiger partial charge is 0.248 e. The molecular weight excluding hydrogens is 603 g/mol. The Morgan fingerprint density at radius 1 is 1.15 bits per heavy atom. The van der Waals surface area contributed by atoms with Crippen molar-refractivity contribution in [1.29, 1.82) is 5.26 Å². The van der Waals surface area contributed by atoms with Gasteiger partial charge in [0.2, 0.25) is 11.8 Å². The van der Waals surface area contributed by atoms with Gasteiger partial charge >= 0.3 is 0 Å². The second-order valence-electron chi connectivity index (χ2n) is 12.5. The Labute approximate surface area is 274 Å². The lowest BCUT2D eigenvalue weighted by Crippen LogP contribution is -2.35. The van der Waals surface area contributed by atoms with Crippen LogP contribution in [0, 0.1) is 23.1 Å². The molecule has 1 aliphatic rings. The number of likely N-dealkylation sites (tertiary alicyclic amines) is 1. The van der Waals surface area contributed by atoms with Crippen LogP contribution in [-0.2, 0) is 17.9 Å². The molecule has 1 saturated heterocycles. The highest BCUT2D eigenvalue weighted by Gasteiger charge is 2.23. The molecule has 46 heavy (non-hydrogen) atoms. The average molecular weight is 647 g/mol. The summed E-state index contributed by atoms with van der Waals surface area (Å²) in [5, 5.41) is 9.91. The van der Waals surface area contributed by atoms with Gasteiger partial charge in [0.25, 0.3) is 0 Å². The van der Waals surface area contributed by atoms with Crippen LogP contribution in [0.5, 0.6) is 5.88 Å². The van der Waals surface area contributed by atoms with Crippen molar-refractivity contribution in [2.24, 2.45) is 17.4 Å². The Morgan fingerprint density at radius 3 is 2.57 bits per heavy atom. The third-order valence-corrected chi connectivity index (χ3v) is 8.69. The highest BCUT2D eigenvalue weighted by atomic mass is 32.1. The van der Waals surface area contributed by atoms with E-state index in [2.05, 4.69) is 23.7 Å². The minimum atomic E-state index is -0.459. The van der Waals surface area contributed by atoms with Gasteiger partial charge in [0, 0.05) is 42.0 Å². The molecule has 2 aromatic heterocycles. The molecule has 11 heteroatoms. The van der Waals surface area contributed by atoms with Crippen LogP contribution in [0.4, 0.5) is 4.39 Å². The number of amides is 1. The molecule has 0 aliphatic carbocycles. The van der Waals surface area contributed by atoms with Gasteiger partial charge in [-0.05, 0) is 82.1 Å². The zero-order valence-corrected chi connectivity index (χ0v) is 27.8. The van der Waals surface area contributed by atoms with Crippen LogP contribution in [-0.4, -0.2) is 52.6 Å². The van der Waals surface area contributed by atoms with Crippen LogP contribution in [0.2, 0.25) is 0 Å². The molecule has 4 N–H and O–H groups in total. The number of fused-ring (bicyclic) bond motifs is 1. The van der Waals surface area contributed by atoms with Gasteiger partial charge in [-0.3, -0.25) is 9.69 Å². The zero-order chi connectivity index (χ0) is 33.3. The van der Waals surface area contributed by atoms with E-state index in [0.29, 0.717) is 35.4 Å². The first-order chi connectivity index (χ1) is 22.0. The van der Waals surface area contributed by atoms with E-state index in [1.54, 1.807) is 35.6 Å². The molecule has 4 aromatic rings. The summed E-state index contributed by atoms with van der Waals surface area (Å²) in [5.41, 5.74) is 13.7. The maximum Gasteiger partial charge on any atom is 0.248 e. The number of nitrogens with zero attached hydrogens (tertiary/aromatic N) is 4. The summed E-state index contributed by atoms with van der Waals surface area (Å²) in [7, 11) is 0. The molecule has 0 spiro atoms. The molecule has 1 aliphatic heterocycles. The van der Waals surface area contributed by atoms with Crippen molar-refractivity contribution >= 4 is 27.5 Å². The first-order valence-corrected chi connectivity index (χ1v) is 16.3. The van der Waals surface area contributed by atoms with E-state index < -0.39 is 11.7 Å². The first kappa shape index (κ1) is 34.9. The Balaban J connectivity index is 0.000000416. The minimum absolute atomic E-state index is 0.0511. The molecule has 3 heterocycles. The van der Waals surface area contributed by atoms with E-state index in [4.69, 9.17) is 31.2 Å². The van der Waals surface area contributed by atoms with Crippen molar-refractivity contribution < 1.29 is 18.7 Å². The molecule has 0 radical (unpaired) electrons. The largest absolute Gasteiger partial charge is 0.473 e. The fourth-order valence-corrected chi connectivity index (χ4v) is 5.90. The van der Waals surface area contributed by atoms with Gasteiger partial charge in [-0.1, -0.05) is 26.0 Å². The van der Waals surface area contributed by atoms with Gasteiger partial charge in [0.05, 0.1) is 34.0 Å². The number of benzene rings is 2. The summed E-state index contributed by atoms with van der Waals surface area (Å²) in [4.78, 5) is 23.2. The molecular formula is C35H43FN6O3S. The predicted octanol–water partition coefficient (Wildman–Crippen LogP) is 6.16. The maximum absolute atomic E-state index is 14.1. The SMILES string of the molecule is CC(C)COC(C)(C)CN.N#Cc1ccc(COc2cccc(C3CCN(Cc4nc5ccc(C(N)=O)cc5s4)CC3)n2)c(F)c1. The van der Waals surface area contributed by atoms with Gasteiger partial charge in [0.15, 0.2) is 0 Å². The molecule has 9 nitrogen and oxygen atoms in total. The molecule has 0 unspecified atom stereocenters. The molecule has 244 valence electrons. The average Bonchev–Trinajstić information content (AvgIpc) is 3.45. The highest BCUT2D eigenvalue weighted by Crippen LogP contribution is 2.30. The Morgan fingerprint density at radius 2 is 1.91 bits per heavy atom. The fraction of sp³-hybridized carbons (Fsp3) is 0.429. The lowest BCUT2D eigenvalue weighted by atomic mass is 9.93. The molecule has 2 aromatic carbocycles. The van der Waals surface area contributed by atoms with Crippen LogP contribution >= 0.6 is 11.3 Å². The van der Waals surface area contributed by atoms with Gasteiger partial charge < -0.3 is 20.9 Å². The summed E-state index contributed by atoms with van der Waals surface area (Å²) < 4.78 is 26.4. The molecule has 0 saturated carbocycles. The number of thiazole rings is 1. The summed E-state index contributed by atoms with van der Waals surface area (Å²) in [6.07, 6.45) is 1.94. The lowest BCUT2D eigenvalue weighted by molar-refractivity contribution is -0.0237. The van der Waals surface area contributed by atoms with E-state index in [0.717, 1.165) is 60.0 Å². The highest BCUT2D eigenvalue weighted by molar-refractivity contribution is 7.18. The summed E-state index contributed by atoms with van der Waals surface area (Å²) in [6.45, 7) is 12.3. The number of carbonyl (C=O) groups excluding carboxylic acids is 1. The molecule has 1 amide bonds. The van der Waals surface area contributed by atoms with E-state index in [-0.39, 0.29) is 17.8 Å². The van der Waals surface area contributed by atoms with Crippen molar-refractivity contribution in [3.63, 3.8) is 0 Å². The summed E-state index contributed by atoms with van der Waals surface area (Å²) in [6, 6.07) is 17.3. The van der Waals surface area contributed by atoms with Crippen molar-refractivity contribution in [3.05, 3.63) is 87.8 Å². The number of nitriles is 1. The standard InChI is InChI=1S/C27H24FN5O2S.C8H19NO/c28-21-12-17(14-29)4-5-20(21)16-35-25-3-1-2-22(31-25)18-8-10-33(11-9-18)15-26-32-23-7-6-19(27(30)34)13-24(23)36-26;1-7(2)5-10-8(3,4)6-9/h1-7,12-13,18H,8-11,15-16H2,(H2,30,34);7H,5-6,9H2,1-4H3. The van der Waals surface area contributed by atoms with Crippen LogP contribution in [0.1, 0.15) is 78.6 Å². The van der Waals surface area contributed by atoms with Gasteiger partial charge in [-0.15, -0.1) is 11.3 Å². The Kier molecular flexibility index (Phi) is 12.2. The monoisotopic (exact) mass is 646 g/mol. The van der Waals surface area contributed by atoms with Crippen molar-refractivity contribution in [3.8, 4) is 11.9 Å². The Bertz CT molecular complexity index is 1660. The molecule has 0 bridgehead atoms. The number of aromatic nitrogens is 2. The zero-order valence-electron chi connectivity index (χ0n) is 27.0. The number of ether oxygens (including phenoxy) is 2. The predicted molar refractivity (Wildman–Crippen MR) is 179 cm³/mol. The number of rotatable bonds is 11. The first-order valence-electron chi connectivity index (χ1n) is 15.5. The van der Waals surface area contributed by atoms with Crippen LogP contribution in [0.3, 0.4) is 0 Å². The van der Waals surface area contributed by atoms with Crippen LogP contribution in [0.25, 0.3) is 10.2 Å². The normalized spacial score (nSPS) is 14.1. The maximum atomic E-state index is 14.1. The minimum Gasteiger partial charge on any atom is -0.473 e. The quantitative estimate of drug-likeness (QED) is 0.198. The van der Waals surface area contributed by atoms with Gasteiger partial charge in [-0.25, -0.2) is 14.4 Å². The number of hydrogen-bond acceptors (Lipinski definition) is 9. The van der Waals surface area contributed by atoms with Gasteiger partial charge in [0.1, 0.15) is 17.4 Å². The summed E-state index contributed by atoms with van der Waals surface area (Å²) >= 11 is 1.60. The third kappa shape index (κ3) is 10.0. The number of carbonyl (C=O) groups is 1. The van der Waals surface area contributed by atoms with Crippen molar-refractivity contribution in [1.82, 2.24) is 14.9 Å². The number of nitrogens with two attached hydrogens (primary N) is 2. The van der Waals surface area contributed by atoms with E-state index in [9.17, 15) is 9.18 Å². The number of pyridine rings is 1. The Hall–Kier alpha value is -3.95. The van der Waals surface area contributed by atoms with Crippen LogP contribution in [0.15, 0.2) is 54.6 Å².